The van der Waals surface area contributed by atoms with Gasteiger partial charge in [-0.3, -0.25) is 4.90 Å². The number of hydrogen-bond acceptors (Lipinski definition) is 3. The van der Waals surface area contributed by atoms with Crippen molar-refractivity contribution < 1.29 is 0 Å². The predicted octanol–water partition coefficient (Wildman–Crippen LogP) is 4.06. The molecule has 1 unspecified atom stereocenters. The van der Waals surface area contributed by atoms with Crippen LogP contribution in [-0.4, -0.2) is 10.9 Å². The summed E-state index contributed by atoms with van der Waals surface area (Å²) in [6.07, 6.45) is 2.68. The summed E-state index contributed by atoms with van der Waals surface area (Å²) in [6, 6.07) is 13.9. The molecule has 2 nitrogen and oxygen atoms in total. The number of nitrogens with two attached hydrogens (primary N) is 1. The molecule has 3 heteroatoms. The quantitative estimate of drug-likeness (QED) is 0.832. The first-order chi connectivity index (χ1) is 9.24. The molecule has 1 aliphatic rings. The molecule has 0 saturated heterocycles. The molecule has 0 aliphatic heterocycles. The van der Waals surface area contributed by atoms with Gasteiger partial charge in [-0.1, -0.05) is 18.2 Å². The molecule has 1 atom stereocenters. The monoisotopic (exact) mass is 272 g/mol. The summed E-state index contributed by atoms with van der Waals surface area (Å²) >= 11 is 1.85. The van der Waals surface area contributed by atoms with E-state index in [2.05, 4.69) is 41.5 Å². The fourth-order valence-corrected chi connectivity index (χ4v) is 3.25. The average Bonchev–Trinajstić information content (AvgIpc) is 3.13. The van der Waals surface area contributed by atoms with Crippen LogP contribution in [0.15, 0.2) is 41.8 Å². The lowest BCUT2D eigenvalue weighted by Crippen LogP contribution is -2.28. The minimum atomic E-state index is 0.454. The van der Waals surface area contributed by atoms with Gasteiger partial charge in [-0.25, -0.2) is 0 Å². The van der Waals surface area contributed by atoms with Crippen LogP contribution in [0.5, 0.6) is 0 Å². The van der Waals surface area contributed by atoms with Gasteiger partial charge in [0.05, 0.1) is 0 Å². The smallest absolute Gasteiger partial charge is 0.0336 e. The molecule has 1 heterocycles. The minimum Gasteiger partial charge on any atom is -0.399 e. The third-order valence-corrected chi connectivity index (χ3v) is 4.71. The minimum absolute atomic E-state index is 0.454. The predicted molar refractivity (Wildman–Crippen MR) is 82.2 cm³/mol. The molecule has 2 aromatic rings. The van der Waals surface area contributed by atoms with Crippen molar-refractivity contribution in [1.82, 2.24) is 4.90 Å². The van der Waals surface area contributed by atoms with Gasteiger partial charge in [0.25, 0.3) is 0 Å². The Labute approximate surface area is 118 Å². The van der Waals surface area contributed by atoms with E-state index in [-0.39, 0.29) is 0 Å². The van der Waals surface area contributed by atoms with E-state index in [1.165, 1.54) is 23.3 Å². The van der Waals surface area contributed by atoms with Gasteiger partial charge in [-0.2, -0.15) is 0 Å². The van der Waals surface area contributed by atoms with Gasteiger partial charge >= 0.3 is 0 Å². The Hall–Kier alpha value is -1.32. The van der Waals surface area contributed by atoms with Gasteiger partial charge in [0.1, 0.15) is 0 Å². The zero-order valence-corrected chi connectivity index (χ0v) is 12.1. The molecule has 0 spiro atoms. The lowest BCUT2D eigenvalue weighted by Gasteiger charge is -2.29. The lowest BCUT2D eigenvalue weighted by atomic mass is 10.1. The molecule has 2 N–H and O–H groups in total. The van der Waals surface area contributed by atoms with E-state index in [1.54, 1.807) is 0 Å². The van der Waals surface area contributed by atoms with Crippen LogP contribution in [0.1, 0.15) is 36.2 Å². The van der Waals surface area contributed by atoms with Crippen molar-refractivity contribution in [3.05, 3.63) is 52.2 Å². The molecule has 1 aromatic heterocycles. The average molecular weight is 272 g/mol. The van der Waals surface area contributed by atoms with Gasteiger partial charge in [0.15, 0.2) is 0 Å². The maximum absolute atomic E-state index is 5.77. The van der Waals surface area contributed by atoms with Crippen molar-refractivity contribution in [1.29, 1.82) is 0 Å². The Morgan fingerprint density at radius 3 is 2.58 bits per heavy atom. The molecular formula is C16H20N2S. The second-order valence-electron chi connectivity index (χ2n) is 5.33. The number of anilines is 1. The first-order valence-corrected chi connectivity index (χ1v) is 7.75. The van der Waals surface area contributed by atoms with E-state index < -0.39 is 0 Å². The molecule has 0 bridgehead atoms. The van der Waals surface area contributed by atoms with Crippen LogP contribution in [0.4, 0.5) is 5.69 Å². The van der Waals surface area contributed by atoms with Crippen LogP contribution in [-0.2, 0) is 6.54 Å². The first-order valence-electron chi connectivity index (χ1n) is 6.87. The third kappa shape index (κ3) is 2.99. The van der Waals surface area contributed by atoms with Gasteiger partial charge in [0.2, 0.25) is 0 Å². The number of rotatable bonds is 5. The molecule has 1 aliphatic carbocycles. The van der Waals surface area contributed by atoms with Gasteiger partial charge in [0, 0.05) is 29.2 Å². The maximum Gasteiger partial charge on any atom is 0.0336 e. The van der Waals surface area contributed by atoms with Crippen LogP contribution in [0, 0.1) is 0 Å². The molecule has 0 radical (unpaired) electrons. The molecule has 19 heavy (non-hydrogen) atoms. The topological polar surface area (TPSA) is 29.3 Å². The second-order valence-corrected chi connectivity index (χ2v) is 6.36. The second kappa shape index (κ2) is 5.35. The SMILES string of the molecule is CC(c1ccc(N)cc1)N(Cc1cccs1)C1CC1. The zero-order chi connectivity index (χ0) is 13.2. The molecule has 1 aromatic carbocycles. The highest BCUT2D eigenvalue weighted by atomic mass is 32.1. The van der Waals surface area contributed by atoms with Crippen LogP contribution < -0.4 is 5.73 Å². The van der Waals surface area contributed by atoms with E-state index >= 15 is 0 Å². The van der Waals surface area contributed by atoms with E-state index in [1.807, 2.05) is 23.5 Å². The first kappa shape index (κ1) is 12.7. The summed E-state index contributed by atoms with van der Waals surface area (Å²) in [5.41, 5.74) is 7.97. The Morgan fingerprint density at radius 1 is 1.26 bits per heavy atom. The van der Waals surface area contributed by atoms with Crippen molar-refractivity contribution in [3.8, 4) is 0 Å². The van der Waals surface area contributed by atoms with Crippen molar-refractivity contribution in [2.75, 3.05) is 5.73 Å². The molecule has 1 fully saturated rings. The van der Waals surface area contributed by atoms with Crippen LogP contribution in [0.2, 0.25) is 0 Å². The van der Waals surface area contributed by atoms with E-state index in [9.17, 15) is 0 Å². The van der Waals surface area contributed by atoms with Crippen LogP contribution in [0.3, 0.4) is 0 Å². The maximum atomic E-state index is 5.77. The number of nitrogens with zero attached hydrogens (tertiary/aromatic N) is 1. The highest BCUT2D eigenvalue weighted by Gasteiger charge is 2.32. The standard InChI is InChI=1S/C16H20N2S/c1-12(13-4-6-14(17)7-5-13)18(15-8-9-15)11-16-3-2-10-19-16/h2-7,10,12,15H,8-9,11,17H2,1H3. The van der Waals surface area contributed by atoms with Gasteiger partial charge in [-0.15, -0.1) is 11.3 Å². The van der Waals surface area contributed by atoms with E-state index in [0.717, 1.165) is 18.3 Å². The van der Waals surface area contributed by atoms with Crippen molar-refractivity contribution in [3.63, 3.8) is 0 Å². The number of benzene rings is 1. The lowest BCUT2D eigenvalue weighted by molar-refractivity contribution is 0.192. The highest BCUT2D eigenvalue weighted by molar-refractivity contribution is 7.09. The van der Waals surface area contributed by atoms with Crippen molar-refractivity contribution in [2.45, 2.75) is 38.4 Å². The Morgan fingerprint density at radius 2 is 2.00 bits per heavy atom. The Bertz CT molecular complexity index is 514. The number of thiophene rings is 1. The Balaban J connectivity index is 1.77. The number of hydrogen-bond donors (Lipinski definition) is 1. The van der Waals surface area contributed by atoms with E-state index in [0.29, 0.717) is 6.04 Å². The highest BCUT2D eigenvalue weighted by Crippen LogP contribution is 2.36. The molecule has 0 amide bonds. The van der Waals surface area contributed by atoms with E-state index in [4.69, 9.17) is 5.73 Å². The fourth-order valence-electron chi connectivity index (χ4n) is 2.54. The molecule has 1 saturated carbocycles. The summed E-state index contributed by atoms with van der Waals surface area (Å²) in [4.78, 5) is 4.08. The summed E-state index contributed by atoms with van der Waals surface area (Å²) in [7, 11) is 0. The van der Waals surface area contributed by atoms with Gasteiger partial charge < -0.3 is 5.73 Å². The fraction of sp³-hybridized carbons (Fsp3) is 0.375. The zero-order valence-electron chi connectivity index (χ0n) is 11.3. The van der Waals surface area contributed by atoms with Crippen LogP contribution >= 0.6 is 11.3 Å². The van der Waals surface area contributed by atoms with Crippen LogP contribution in [0.25, 0.3) is 0 Å². The van der Waals surface area contributed by atoms with Crippen molar-refractivity contribution >= 4 is 17.0 Å². The Kier molecular flexibility index (Phi) is 3.58. The molecule has 100 valence electrons. The largest absolute Gasteiger partial charge is 0.399 e. The summed E-state index contributed by atoms with van der Waals surface area (Å²) in [6.45, 7) is 3.37. The summed E-state index contributed by atoms with van der Waals surface area (Å²) in [5.74, 6) is 0. The third-order valence-electron chi connectivity index (χ3n) is 3.85. The summed E-state index contributed by atoms with van der Waals surface area (Å²) < 4.78 is 0. The summed E-state index contributed by atoms with van der Waals surface area (Å²) in [5, 5.41) is 2.16. The molecular weight excluding hydrogens is 252 g/mol. The number of nitrogen functional groups attached to an aromatic ring is 1. The van der Waals surface area contributed by atoms with Crippen molar-refractivity contribution in [2.24, 2.45) is 0 Å². The van der Waals surface area contributed by atoms with Gasteiger partial charge in [-0.05, 0) is 48.9 Å². The molecule has 3 rings (SSSR count). The normalized spacial score (nSPS) is 16.7.